The molecule has 0 aliphatic rings. The first-order valence-corrected chi connectivity index (χ1v) is 6.66. The molecule has 0 bridgehead atoms. The van der Waals surface area contributed by atoms with Crippen LogP contribution in [0.4, 0.5) is 10.5 Å². The van der Waals surface area contributed by atoms with Gasteiger partial charge in [-0.05, 0) is 18.2 Å². The number of carbonyl (C=O) groups is 1. The Kier molecular flexibility index (Phi) is 2.73. The second-order valence-electron chi connectivity index (χ2n) is 3.14. The second kappa shape index (κ2) is 3.95. The highest BCUT2D eigenvalue weighted by atomic mass is 32.2. The lowest BCUT2D eigenvalue weighted by Crippen LogP contribution is -2.11. The van der Waals surface area contributed by atoms with E-state index >= 15 is 0 Å². The molecule has 2 rings (SSSR count). The predicted octanol–water partition coefficient (Wildman–Crippen LogP) is 1.03. The van der Waals surface area contributed by atoms with Crippen LogP contribution in [0.25, 0.3) is 10.2 Å². The number of primary sulfonamides is 1. The minimum atomic E-state index is -3.83. The number of anilines is 1. The highest BCUT2D eigenvalue weighted by molar-refractivity contribution is 7.91. The molecule has 1 aromatic heterocycles. The number of benzene rings is 1. The molecule has 0 radical (unpaired) electrons. The van der Waals surface area contributed by atoms with Gasteiger partial charge in [-0.15, -0.1) is 11.3 Å². The Balaban J connectivity index is 2.52. The van der Waals surface area contributed by atoms with Gasteiger partial charge < -0.3 is 5.11 Å². The number of nitrogens with zero attached hydrogens (tertiary/aromatic N) is 1. The zero-order valence-corrected chi connectivity index (χ0v) is 9.88. The molecule has 90 valence electrons. The van der Waals surface area contributed by atoms with E-state index in [0.717, 1.165) is 11.3 Å². The van der Waals surface area contributed by atoms with Gasteiger partial charge in [0.05, 0.1) is 10.2 Å². The van der Waals surface area contributed by atoms with Crippen LogP contribution in [-0.2, 0) is 10.0 Å². The maximum atomic E-state index is 11.1. The van der Waals surface area contributed by atoms with Gasteiger partial charge in [-0.25, -0.2) is 23.3 Å². The Morgan fingerprint density at radius 3 is 2.76 bits per heavy atom. The number of nitrogens with two attached hydrogens (primary N) is 1. The summed E-state index contributed by atoms with van der Waals surface area (Å²) in [4.78, 5) is 14.3. The third kappa shape index (κ3) is 2.52. The van der Waals surface area contributed by atoms with Crippen LogP contribution < -0.4 is 10.5 Å². The third-order valence-electron chi connectivity index (χ3n) is 1.86. The number of hydrogen-bond acceptors (Lipinski definition) is 5. The summed E-state index contributed by atoms with van der Waals surface area (Å²) in [6.45, 7) is 0. The molecule has 9 heteroatoms. The van der Waals surface area contributed by atoms with E-state index in [9.17, 15) is 13.2 Å². The van der Waals surface area contributed by atoms with E-state index < -0.39 is 16.1 Å². The Morgan fingerprint density at radius 2 is 2.18 bits per heavy atom. The van der Waals surface area contributed by atoms with Gasteiger partial charge in [0.15, 0.2) is 0 Å². The average molecular weight is 273 g/mol. The summed E-state index contributed by atoms with van der Waals surface area (Å²) in [6, 6.07) is 4.50. The van der Waals surface area contributed by atoms with Crippen molar-refractivity contribution < 1.29 is 18.3 Å². The summed E-state index contributed by atoms with van der Waals surface area (Å²) < 4.78 is 22.5. The van der Waals surface area contributed by atoms with Crippen LogP contribution in [0.2, 0.25) is 0 Å². The summed E-state index contributed by atoms with van der Waals surface area (Å²) >= 11 is 0.888. The van der Waals surface area contributed by atoms with Gasteiger partial charge in [-0.1, -0.05) is 0 Å². The molecule has 1 amide bonds. The van der Waals surface area contributed by atoms with E-state index in [2.05, 4.69) is 10.3 Å². The zero-order valence-electron chi connectivity index (χ0n) is 8.25. The van der Waals surface area contributed by atoms with Gasteiger partial charge in [-0.2, -0.15) is 0 Å². The highest BCUT2D eigenvalue weighted by Crippen LogP contribution is 2.27. The minimum absolute atomic E-state index is 0.194. The standard InChI is InChI=1S/C8H7N3O4S2/c9-17(14,15)8-11-5-2-1-4(10-7(12)13)3-6(5)16-8/h1-3,10H,(H,12,13)(H2,9,14,15). The average Bonchev–Trinajstić information content (AvgIpc) is 2.58. The van der Waals surface area contributed by atoms with Crippen molar-refractivity contribution in [2.75, 3.05) is 5.32 Å². The summed E-state index contributed by atoms with van der Waals surface area (Å²) in [6.07, 6.45) is -1.19. The van der Waals surface area contributed by atoms with Gasteiger partial charge in [0, 0.05) is 5.69 Å². The molecule has 1 heterocycles. The van der Waals surface area contributed by atoms with E-state index in [1.807, 2.05) is 0 Å². The first kappa shape index (κ1) is 11.8. The molecule has 1 aromatic carbocycles. The van der Waals surface area contributed by atoms with Crippen LogP contribution in [0.3, 0.4) is 0 Å². The van der Waals surface area contributed by atoms with Crippen LogP contribution in [0, 0.1) is 0 Å². The summed E-state index contributed by atoms with van der Waals surface area (Å²) in [7, 11) is -3.83. The Hall–Kier alpha value is -1.71. The van der Waals surface area contributed by atoms with Crippen molar-refractivity contribution in [1.29, 1.82) is 0 Å². The fourth-order valence-corrected chi connectivity index (χ4v) is 2.92. The van der Waals surface area contributed by atoms with Gasteiger partial charge in [0.1, 0.15) is 0 Å². The first-order chi connectivity index (χ1) is 7.86. The van der Waals surface area contributed by atoms with Crippen LogP contribution in [0.1, 0.15) is 0 Å². The van der Waals surface area contributed by atoms with Crippen molar-refractivity contribution in [2.24, 2.45) is 5.14 Å². The molecule has 17 heavy (non-hydrogen) atoms. The zero-order chi connectivity index (χ0) is 12.6. The van der Waals surface area contributed by atoms with Crippen molar-refractivity contribution in [3.63, 3.8) is 0 Å². The van der Waals surface area contributed by atoms with Crippen LogP contribution in [0.15, 0.2) is 22.5 Å². The normalized spacial score (nSPS) is 11.6. The summed E-state index contributed by atoms with van der Waals surface area (Å²) in [5, 5.41) is 15.6. The van der Waals surface area contributed by atoms with E-state index in [1.165, 1.54) is 18.2 Å². The van der Waals surface area contributed by atoms with E-state index in [1.54, 1.807) is 0 Å². The molecule has 0 saturated carbocycles. The Labute approximate surface area is 99.9 Å². The van der Waals surface area contributed by atoms with Crippen molar-refractivity contribution in [2.45, 2.75) is 4.34 Å². The molecule has 7 nitrogen and oxygen atoms in total. The molecule has 0 saturated heterocycles. The number of rotatable bonds is 2. The van der Waals surface area contributed by atoms with Gasteiger partial charge >= 0.3 is 6.09 Å². The number of amides is 1. The van der Waals surface area contributed by atoms with E-state index in [4.69, 9.17) is 10.2 Å². The first-order valence-electron chi connectivity index (χ1n) is 4.29. The lowest BCUT2D eigenvalue weighted by Gasteiger charge is -1.98. The van der Waals surface area contributed by atoms with Gasteiger partial charge in [0.25, 0.3) is 10.0 Å². The van der Waals surface area contributed by atoms with E-state index in [-0.39, 0.29) is 4.34 Å². The third-order valence-corrected chi connectivity index (χ3v) is 4.20. The second-order valence-corrected chi connectivity index (χ2v) is 5.90. The lowest BCUT2D eigenvalue weighted by atomic mass is 10.3. The molecule has 0 fully saturated rings. The van der Waals surface area contributed by atoms with Crippen molar-refractivity contribution in [3.8, 4) is 0 Å². The predicted molar refractivity (Wildman–Crippen MR) is 62.6 cm³/mol. The number of fused-ring (bicyclic) bond motifs is 1. The van der Waals surface area contributed by atoms with Crippen LogP contribution >= 0.6 is 11.3 Å². The van der Waals surface area contributed by atoms with Gasteiger partial charge in [0.2, 0.25) is 4.34 Å². The van der Waals surface area contributed by atoms with E-state index in [0.29, 0.717) is 15.9 Å². The number of nitrogens with one attached hydrogen (secondary N) is 1. The maximum Gasteiger partial charge on any atom is 0.409 e. The molecular formula is C8H7N3O4S2. The Bertz CT molecular complexity index is 692. The van der Waals surface area contributed by atoms with Crippen molar-refractivity contribution in [1.82, 2.24) is 4.98 Å². The largest absolute Gasteiger partial charge is 0.465 e. The SMILES string of the molecule is NS(=O)(=O)c1nc2ccc(NC(=O)O)cc2s1. The summed E-state index contributed by atoms with van der Waals surface area (Å²) in [5.41, 5.74) is 0.796. The maximum absolute atomic E-state index is 11.1. The number of hydrogen-bond donors (Lipinski definition) is 3. The number of carboxylic acid groups (broad SMARTS) is 1. The summed E-state index contributed by atoms with van der Waals surface area (Å²) in [5.74, 6) is 0. The van der Waals surface area contributed by atoms with Crippen molar-refractivity contribution >= 4 is 43.4 Å². The Morgan fingerprint density at radius 1 is 1.47 bits per heavy atom. The topological polar surface area (TPSA) is 122 Å². The molecule has 2 aromatic rings. The van der Waals surface area contributed by atoms with Gasteiger partial charge in [-0.3, -0.25) is 5.32 Å². The smallest absolute Gasteiger partial charge is 0.409 e. The van der Waals surface area contributed by atoms with Crippen LogP contribution in [0.5, 0.6) is 0 Å². The molecule has 0 aliphatic heterocycles. The molecule has 0 atom stereocenters. The molecule has 0 aliphatic carbocycles. The molecule has 4 N–H and O–H groups in total. The fraction of sp³-hybridized carbons (Fsp3) is 0. The number of thiazole rings is 1. The number of aromatic nitrogens is 1. The van der Waals surface area contributed by atoms with Crippen LogP contribution in [-0.4, -0.2) is 24.6 Å². The number of sulfonamides is 1. The molecule has 0 spiro atoms. The fourth-order valence-electron chi connectivity index (χ4n) is 1.23. The molecular weight excluding hydrogens is 266 g/mol. The quantitative estimate of drug-likeness (QED) is 0.754. The minimum Gasteiger partial charge on any atom is -0.465 e. The highest BCUT2D eigenvalue weighted by Gasteiger charge is 2.14. The molecule has 0 unspecified atom stereocenters. The monoisotopic (exact) mass is 273 g/mol. The van der Waals surface area contributed by atoms with Crippen molar-refractivity contribution in [3.05, 3.63) is 18.2 Å². The lowest BCUT2D eigenvalue weighted by molar-refractivity contribution is 0.210.